The number of anilines is 2. The number of carbonyl (C=O) groups excluding carboxylic acids is 1. The van der Waals surface area contributed by atoms with E-state index in [4.69, 9.17) is 19.2 Å². The zero-order chi connectivity index (χ0) is 29.1. The highest BCUT2D eigenvalue weighted by Crippen LogP contribution is 2.37. The molecule has 0 bridgehead atoms. The minimum Gasteiger partial charge on any atom is -0.493 e. The maximum Gasteiger partial charge on any atom is 0.324 e. The van der Waals surface area contributed by atoms with Crippen LogP contribution in [-0.4, -0.2) is 40.2 Å². The Hall–Kier alpha value is -5.12. The van der Waals surface area contributed by atoms with E-state index in [0.29, 0.717) is 45.7 Å². The van der Waals surface area contributed by atoms with Gasteiger partial charge in [-0.1, -0.05) is 20.8 Å². The van der Waals surface area contributed by atoms with E-state index in [2.05, 4.69) is 46.4 Å². The van der Waals surface area contributed by atoms with E-state index in [0.717, 1.165) is 22.5 Å². The molecule has 0 aliphatic heterocycles. The van der Waals surface area contributed by atoms with Crippen molar-refractivity contribution in [1.82, 2.24) is 19.9 Å². The van der Waals surface area contributed by atoms with Crippen LogP contribution >= 0.6 is 0 Å². The monoisotopic (exact) mass is 552 g/mol. The normalized spacial score (nSPS) is 11.3. The van der Waals surface area contributed by atoms with Crippen LogP contribution in [0.25, 0.3) is 22.2 Å². The lowest BCUT2D eigenvalue weighted by atomic mass is 9.96. The van der Waals surface area contributed by atoms with Gasteiger partial charge in [0.2, 0.25) is 0 Å². The van der Waals surface area contributed by atoms with Crippen molar-refractivity contribution in [3.05, 3.63) is 78.5 Å². The topological polar surface area (TPSA) is 123 Å². The Morgan fingerprint density at radius 1 is 0.854 bits per heavy atom. The summed E-state index contributed by atoms with van der Waals surface area (Å²) in [6.45, 7) is 8.09. The van der Waals surface area contributed by atoms with E-state index in [1.54, 1.807) is 63.0 Å². The average Bonchev–Trinajstić information content (AvgIpc) is 3.38. The third kappa shape index (κ3) is 6.06. The molecule has 0 spiro atoms. The first-order valence-electron chi connectivity index (χ1n) is 13.0. The molecule has 0 fully saturated rings. The zero-order valence-corrected chi connectivity index (χ0v) is 23.8. The maximum atomic E-state index is 13.0. The lowest BCUT2D eigenvalue weighted by Gasteiger charge is -2.14. The summed E-state index contributed by atoms with van der Waals surface area (Å²) in [5, 5.41) is 6.56. The minimum atomic E-state index is -0.407. The number of fused-ring (bicyclic) bond motifs is 1. The van der Waals surface area contributed by atoms with Gasteiger partial charge in [0.15, 0.2) is 11.5 Å². The largest absolute Gasteiger partial charge is 0.493 e. The molecule has 0 unspecified atom stereocenters. The molecule has 10 heteroatoms. The Morgan fingerprint density at radius 2 is 1.56 bits per heavy atom. The SMILES string of the molecule is COc1cc2nccc(Oc3ccc(NC(=O)Nc4[nH]c(C(C)(C)C)nc4-c4ccnc(C)c4)cc3)c2cc1OC. The number of aromatic amines is 1. The second-order valence-corrected chi connectivity index (χ2v) is 10.5. The molecule has 0 atom stereocenters. The lowest BCUT2D eigenvalue weighted by Crippen LogP contribution is -2.20. The number of pyridine rings is 2. The maximum absolute atomic E-state index is 13.0. The third-order valence-electron chi connectivity index (χ3n) is 6.37. The predicted molar refractivity (Wildman–Crippen MR) is 159 cm³/mol. The number of carbonyl (C=O) groups is 1. The molecule has 2 aromatic carbocycles. The van der Waals surface area contributed by atoms with Crippen molar-refractivity contribution < 1.29 is 19.0 Å². The summed E-state index contributed by atoms with van der Waals surface area (Å²) in [5.41, 5.74) is 3.45. The van der Waals surface area contributed by atoms with Gasteiger partial charge in [-0.3, -0.25) is 15.3 Å². The predicted octanol–water partition coefficient (Wildman–Crippen LogP) is 7.08. The molecular formula is C31H32N6O4. The Morgan fingerprint density at radius 3 is 2.24 bits per heavy atom. The summed E-state index contributed by atoms with van der Waals surface area (Å²) >= 11 is 0. The number of hydrogen-bond acceptors (Lipinski definition) is 7. The van der Waals surface area contributed by atoms with E-state index < -0.39 is 6.03 Å². The molecule has 3 heterocycles. The van der Waals surface area contributed by atoms with Crippen LogP contribution in [0, 0.1) is 6.92 Å². The molecule has 0 saturated carbocycles. The summed E-state index contributed by atoms with van der Waals surface area (Å²) < 4.78 is 17.0. The second-order valence-electron chi connectivity index (χ2n) is 10.5. The Balaban J connectivity index is 1.32. The fraction of sp³-hybridized carbons (Fsp3) is 0.226. The molecule has 0 aliphatic rings. The van der Waals surface area contributed by atoms with Crippen LogP contribution in [0.5, 0.6) is 23.0 Å². The van der Waals surface area contributed by atoms with Crippen molar-refractivity contribution in [3.8, 4) is 34.3 Å². The minimum absolute atomic E-state index is 0.236. The summed E-state index contributed by atoms with van der Waals surface area (Å²) in [6, 6.07) is 15.9. The fourth-order valence-corrected chi connectivity index (χ4v) is 4.27. The number of methoxy groups -OCH3 is 2. The standard InChI is InChI=1S/C31H32N6O4/c1-18-15-19(11-13-32-18)27-28(36-29(35-27)31(2,3)4)37-30(38)34-20-7-9-21(10-8-20)41-24-12-14-33-23-17-26(40-6)25(39-5)16-22(23)24/h7-17H,1-6H3,(H,35,36)(H2,34,37,38). The fourth-order valence-electron chi connectivity index (χ4n) is 4.27. The molecule has 10 nitrogen and oxygen atoms in total. The first-order chi connectivity index (χ1) is 19.6. The number of aromatic nitrogens is 4. The van der Waals surface area contributed by atoms with Crippen LogP contribution in [0.4, 0.5) is 16.3 Å². The van der Waals surface area contributed by atoms with Crippen LogP contribution in [0.1, 0.15) is 32.3 Å². The van der Waals surface area contributed by atoms with Crippen molar-refractivity contribution in [2.75, 3.05) is 24.9 Å². The van der Waals surface area contributed by atoms with E-state index >= 15 is 0 Å². The molecular weight excluding hydrogens is 520 g/mol. The van der Waals surface area contributed by atoms with Gasteiger partial charge in [-0.2, -0.15) is 0 Å². The molecule has 0 radical (unpaired) electrons. The van der Waals surface area contributed by atoms with Crippen molar-refractivity contribution in [1.29, 1.82) is 0 Å². The summed E-state index contributed by atoms with van der Waals surface area (Å²) in [5.74, 6) is 3.65. The molecule has 3 N–H and O–H groups in total. The van der Waals surface area contributed by atoms with Gasteiger partial charge in [0.25, 0.3) is 0 Å². The quantitative estimate of drug-likeness (QED) is 0.197. The number of amides is 2. The Bertz CT molecular complexity index is 1710. The van der Waals surface area contributed by atoms with E-state index in [9.17, 15) is 4.79 Å². The number of aryl methyl sites for hydroxylation is 1. The second kappa shape index (κ2) is 11.2. The van der Waals surface area contributed by atoms with Crippen LogP contribution < -0.4 is 24.8 Å². The zero-order valence-electron chi connectivity index (χ0n) is 23.8. The molecule has 2 amide bonds. The van der Waals surface area contributed by atoms with Gasteiger partial charge in [0, 0.05) is 46.2 Å². The molecule has 5 rings (SSSR count). The number of ether oxygens (including phenoxy) is 3. The summed E-state index contributed by atoms with van der Waals surface area (Å²) in [7, 11) is 3.16. The van der Waals surface area contributed by atoms with Crippen LogP contribution in [0.3, 0.4) is 0 Å². The van der Waals surface area contributed by atoms with Gasteiger partial charge < -0.3 is 24.5 Å². The van der Waals surface area contributed by atoms with Gasteiger partial charge >= 0.3 is 6.03 Å². The average molecular weight is 553 g/mol. The third-order valence-corrected chi connectivity index (χ3v) is 6.37. The first kappa shape index (κ1) is 27.4. The van der Waals surface area contributed by atoms with Gasteiger partial charge in [-0.25, -0.2) is 9.78 Å². The highest BCUT2D eigenvalue weighted by Gasteiger charge is 2.23. The number of nitrogens with one attached hydrogen (secondary N) is 3. The van der Waals surface area contributed by atoms with Crippen LogP contribution in [0.2, 0.25) is 0 Å². The highest BCUT2D eigenvalue weighted by atomic mass is 16.5. The first-order valence-corrected chi connectivity index (χ1v) is 13.0. The number of hydrogen-bond donors (Lipinski definition) is 3. The number of imidazole rings is 1. The molecule has 0 saturated heterocycles. The van der Waals surface area contributed by atoms with Crippen molar-refractivity contribution >= 4 is 28.4 Å². The molecule has 41 heavy (non-hydrogen) atoms. The van der Waals surface area contributed by atoms with Crippen LogP contribution in [0.15, 0.2) is 67.0 Å². The van der Waals surface area contributed by atoms with Crippen molar-refractivity contribution in [3.63, 3.8) is 0 Å². The van der Waals surface area contributed by atoms with Gasteiger partial charge in [0.1, 0.15) is 28.8 Å². The van der Waals surface area contributed by atoms with E-state index in [1.807, 2.05) is 25.1 Å². The number of urea groups is 1. The molecule has 3 aromatic heterocycles. The van der Waals surface area contributed by atoms with Crippen molar-refractivity contribution in [2.24, 2.45) is 0 Å². The smallest absolute Gasteiger partial charge is 0.324 e. The van der Waals surface area contributed by atoms with E-state index in [1.165, 1.54) is 0 Å². The van der Waals surface area contributed by atoms with Gasteiger partial charge in [-0.05, 0) is 55.5 Å². The van der Waals surface area contributed by atoms with Crippen LogP contribution in [-0.2, 0) is 5.41 Å². The van der Waals surface area contributed by atoms with E-state index in [-0.39, 0.29) is 5.41 Å². The van der Waals surface area contributed by atoms with Crippen molar-refractivity contribution in [2.45, 2.75) is 33.1 Å². The summed E-state index contributed by atoms with van der Waals surface area (Å²) in [4.78, 5) is 29.7. The molecule has 0 aliphatic carbocycles. The number of H-pyrrole nitrogens is 1. The molecule has 210 valence electrons. The van der Waals surface area contributed by atoms with Gasteiger partial charge in [-0.15, -0.1) is 0 Å². The summed E-state index contributed by atoms with van der Waals surface area (Å²) in [6.07, 6.45) is 3.40. The highest BCUT2D eigenvalue weighted by molar-refractivity contribution is 6.01. The Labute approximate surface area is 238 Å². The lowest BCUT2D eigenvalue weighted by molar-refractivity contribution is 0.262. The number of nitrogens with zero attached hydrogens (tertiary/aromatic N) is 3. The Kier molecular flexibility index (Phi) is 7.47. The van der Waals surface area contributed by atoms with Gasteiger partial charge in [0.05, 0.1) is 19.7 Å². The number of rotatable bonds is 7. The molecule has 5 aromatic rings. The number of benzene rings is 2.